The molecule has 9 heavy (non-hydrogen) atoms. The lowest BCUT2D eigenvalue weighted by atomic mass is 10.3. The molecule has 0 aliphatic rings. The maximum absolute atomic E-state index is 9.99. The molecule has 1 radical (unpaired) electrons. The second kappa shape index (κ2) is 3.25. The quantitative estimate of drug-likeness (QED) is 0.637. The predicted molar refractivity (Wildman–Crippen MR) is 32.5 cm³/mol. The average Bonchev–Trinajstić information content (AvgIpc) is 2.34. The van der Waals surface area contributed by atoms with Crippen molar-refractivity contribution in [1.82, 2.24) is 9.97 Å². The molecule has 3 heteroatoms. The van der Waals surface area contributed by atoms with Crippen LogP contribution < -0.4 is 0 Å². The monoisotopic (exact) mass is 125 g/mol. The van der Waals surface area contributed by atoms with Crippen molar-refractivity contribution in [1.29, 1.82) is 0 Å². The molecule has 1 aromatic heterocycles. The topological polar surface area (TPSA) is 48.6 Å². The van der Waals surface area contributed by atoms with Gasteiger partial charge in [0.2, 0.25) is 0 Å². The zero-order valence-electron chi connectivity index (χ0n) is 5.13. The molecule has 3 nitrogen and oxygen atoms in total. The van der Waals surface area contributed by atoms with E-state index in [1.54, 1.807) is 6.33 Å². The van der Waals surface area contributed by atoms with E-state index in [4.69, 9.17) is 0 Å². The van der Waals surface area contributed by atoms with Gasteiger partial charge < -0.3 is 4.98 Å². The average molecular weight is 125 g/mol. The van der Waals surface area contributed by atoms with Crippen molar-refractivity contribution in [2.45, 2.75) is 12.8 Å². The second-order valence-electron chi connectivity index (χ2n) is 1.87. The fourth-order valence-corrected chi connectivity index (χ4v) is 0.681. The van der Waals surface area contributed by atoms with E-state index in [9.17, 15) is 5.11 Å². The highest BCUT2D eigenvalue weighted by atomic mass is 16.2. The number of aromatic nitrogens is 2. The Morgan fingerprint density at radius 3 is 3.11 bits per heavy atom. The lowest BCUT2D eigenvalue weighted by Gasteiger charge is -1.87. The fraction of sp³-hybridized carbons (Fsp3) is 0.500. The number of hydrogen-bond acceptors (Lipinski definition) is 1. The zero-order valence-corrected chi connectivity index (χ0v) is 5.13. The summed E-state index contributed by atoms with van der Waals surface area (Å²) in [5, 5.41) is 9.99. The molecule has 0 amide bonds. The number of aromatic amines is 1. The van der Waals surface area contributed by atoms with Gasteiger partial charge in [0.05, 0.1) is 18.6 Å². The maximum Gasteiger partial charge on any atom is 0.0923 e. The first-order valence-corrected chi connectivity index (χ1v) is 2.99. The number of hydrogen-bond donors (Lipinski definition) is 1. The van der Waals surface area contributed by atoms with Crippen molar-refractivity contribution >= 4 is 0 Å². The number of nitrogens with one attached hydrogen (secondary N) is 1. The Balaban J connectivity index is 2.30. The van der Waals surface area contributed by atoms with Gasteiger partial charge in [-0.05, 0) is 12.8 Å². The molecule has 0 bridgehead atoms. The highest BCUT2D eigenvalue weighted by molar-refractivity contribution is 4.93. The van der Waals surface area contributed by atoms with Crippen LogP contribution in [-0.4, -0.2) is 16.6 Å². The first-order chi connectivity index (χ1) is 4.43. The molecule has 1 aromatic rings. The Kier molecular flexibility index (Phi) is 2.27. The molecule has 49 valence electrons. The van der Waals surface area contributed by atoms with Gasteiger partial charge >= 0.3 is 0 Å². The minimum Gasteiger partial charge on any atom is -0.351 e. The van der Waals surface area contributed by atoms with E-state index in [2.05, 4.69) is 9.97 Å². The SMILES string of the molecule is [O]CCCc1c[nH]cn1. The predicted octanol–water partition coefficient (Wildman–Crippen LogP) is 0.773. The number of imidazole rings is 1. The number of H-pyrrole nitrogens is 1. The number of nitrogens with zero attached hydrogens (tertiary/aromatic N) is 1. The molecule has 0 spiro atoms. The molecule has 0 saturated carbocycles. The minimum atomic E-state index is -0.00708. The summed E-state index contributed by atoms with van der Waals surface area (Å²) in [6.07, 6.45) is 4.92. The van der Waals surface area contributed by atoms with Crippen LogP contribution >= 0.6 is 0 Å². The molecule has 0 atom stereocenters. The third-order valence-electron chi connectivity index (χ3n) is 1.13. The normalized spacial score (nSPS) is 9.89. The number of rotatable bonds is 3. The largest absolute Gasteiger partial charge is 0.351 e. The van der Waals surface area contributed by atoms with Crippen LogP contribution in [0.3, 0.4) is 0 Å². The Morgan fingerprint density at radius 1 is 1.67 bits per heavy atom. The Bertz CT molecular complexity index is 148. The van der Waals surface area contributed by atoms with Gasteiger partial charge in [-0.2, -0.15) is 0 Å². The van der Waals surface area contributed by atoms with Gasteiger partial charge in [-0.3, -0.25) is 0 Å². The zero-order chi connectivity index (χ0) is 6.53. The summed E-state index contributed by atoms with van der Waals surface area (Å²) in [5.74, 6) is 0. The van der Waals surface area contributed by atoms with Gasteiger partial charge in [0, 0.05) is 6.20 Å². The van der Waals surface area contributed by atoms with E-state index in [0.717, 1.165) is 12.1 Å². The molecule has 0 aliphatic heterocycles. The van der Waals surface area contributed by atoms with Gasteiger partial charge in [0.15, 0.2) is 0 Å². The second-order valence-corrected chi connectivity index (χ2v) is 1.87. The third-order valence-corrected chi connectivity index (χ3v) is 1.13. The van der Waals surface area contributed by atoms with Crippen molar-refractivity contribution in [3.05, 3.63) is 18.2 Å². The summed E-state index contributed by atoms with van der Waals surface area (Å²) in [6.45, 7) is -0.00708. The van der Waals surface area contributed by atoms with Crippen molar-refractivity contribution in [2.24, 2.45) is 0 Å². The van der Waals surface area contributed by atoms with Gasteiger partial charge in [0.1, 0.15) is 0 Å². The van der Waals surface area contributed by atoms with Crippen molar-refractivity contribution in [3.8, 4) is 0 Å². The number of aryl methyl sites for hydroxylation is 1. The molecular weight excluding hydrogens is 116 g/mol. The van der Waals surface area contributed by atoms with E-state index < -0.39 is 0 Å². The molecule has 1 N–H and O–H groups in total. The molecule has 0 saturated heterocycles. The summed E-state index contributed by atoms with van der Waals surface area (Å²) in [4.78, 5) is 6.78. The lowest BCUT2D eigenvalue weighted by Crippen LogP contribution is -1.87. The highest BCUT2D eigenvalue weighted by Crippen LogP contribution is 1.94. The van der Waals surface area contributed by atoms with Crippen LogP contribution in [0.25, 0.3) is 0 Å². The molecular formula is C6H9N2O. The molecule has 0 fully saturated rings. The van der Waals surface area contributed by atoms with Gasteiger partial charge in [0.25, 0.3) is 0 Å². The van der Waals surface area contributed by atoms with Crippen LogP contribution in [0.15, 0.2) is 12.5 Å². The van der Waals surface area contributed by atoms with Crippen LogP contribution in [0.2, 0.25) is 0 Å². The Labute approximate surface area is 53.7 Å². The summed E-state index contributed by atoms with van der Waals surface area (Å²) < 4.78 is 0. The van der Waals surface area contributed by atoms with Gasteiger partial charge in [-0.1, -0.05) is 0 Å². The summed E-state index contributed by atoms with van der Waals surface area (Å²) in [6, 6.07) is 0. The molecule has 0 unspecified atom stereocenters. The summed E-state index contributed by atoms with van der Waals surface area (Å²) >= 11 is 0. The van der Waals surface area contributed by atoms with Gasteiger partial charge in [-0.15, -0.1) is 0 Å². The van der Waals surface area contributed by atoms with Gasteiger partial charge in [-0.25, -0.2) is 10.1 Å². The fourth-order valence-electron chi connectivity index (χ4n) is 0.681. The molecule has 1 rings (SSSR count). The van der Waals surface area contributed by atoms with E-state index in [1.807, 2.05) is 6.20 Å². The van der Waals surface area contributed by atoms with E-state index >= 15 is 0 Å². The minimum absolute atomic E-state index is 0.00708. The van der Waals surface area contributed by atoms with Crippen LogP contribution in [0, 0.1) is 0 Å². The smallest absolute Gasteiger partial charge is 0.0923 e. The molecule has 1 heterocycles. The first-order valence-electron chi connectivity index (χ1n) is 2.99. The van der Waals surface area contributed by atoms with E-state index in [-0.39, 0.29) is 6.61 Å². The van der Waals surface area contributed by atoms with Crippen molar-refractivity contribution in [2.75, 3.05) is 6.61 Å². The van der Waals surface area contributed by atoms with Crippen LogP contribution in [0.5, 0.6) is 0 Å². The van der Waals surface area contributed by atoms with Crippen molar-refractivity contribution in [3.63, 3.8) is 0 Å². The van der Waals surface area contributed by atoms with Crippen LogP contribution in [-0.2, 0) is 11.5 Å². The van der Waals surface area contributed by atoms with Crippen LogP contribution in [0.1, 0.15) is 12.1 Å². The molecule has 0 aromatic carbocycles. The Morgan fingerprint density at radius 2 is 2.56 bits per heavy atom. The summed E-state index contributed by atoms with van der Waals surface area (Å²) in [7, 11) is 0. The third kappa shape index (κ3) is 1.85. The first kappa shape index (κ1) is 6.29. The lowest BCUT2D eigenvalue weighted by molar-refractivity contribution is 0.189. The highest BCUT2D eigenvalue weighted by Gasteiger charge is 1.91. The van der Waals surface area contributed by atoms with Crippen LogP contribution in [0.4, 0.5) is 0 Å². The van der Waals surface area contributed by atoms with Crippen molar-refractivity contribution < 1.29 is 5.11 Å². The standard InChI is InChI=1S/C6H9N2O/c9-3-1-2-6-4-7-5-8-6/h4-5H,1-3H2,(H,7,8). The van der Waals surface area contributed by atoms with E-state index in [1.165, 1.54) is 0 Å². The Hall–Kier alpha value is -0.830. The van der Waals surface area contributed by atoms with E-state index in [0.29, 0.717) is 6.42 Å². The summed E-state index contributed by atoms with van der Waals surface area (Å²) in [5.41, 5.74) is 0.978. The molecule has 0 aliphatic carbocycles. The maximum atomic E-state index is 9.99.